The Morgan fingerprint density at radius 3 is 2.96 bits per heavy atom. The highest BCUT2D eigenvalue weighted by molar-refractivity contribution is 5.77. The van der Waals surface area contributed by atoms with E-state index in [4.69, 9.17) is 11.2 Å². The maximum Gasteiger partial charge on any atom is 0.222 e. The third-order valence-corrected chi connectivity index (χ3v) is 4.43. The lowest BCUT2D eigenvalue weighted by molar-refractivity contribution is -0.137. The summed E-state index contributed by atoms with van der Waals surface area (Å²) in [5, 5.41) is 10.4. The van der Waals surface area contributed by atoms with Crippen LogP contribution in [0.3, 0.4) is 0 Å². The fraction of sp³-hybridized carbons (Fsp3) is 0.650. The van der Waals surface area contributed by atoms with E-state index in [9.17, 15) is 9.90 Å². The third kappa shape index (κ3) is 6.41. The third-order valence-electron chi connectivity index (χ3n) is 4.43. The minimum atomic E-state index is -0.586. The van der Waals surface area contributed by atoms with Crippen LogP contribution in [0.25, 0.3) is 0 Å². The lowest BCUT2D eigenvalue weighted by Crippen LogP contribution is -2.45. The Balaban J connectivity index is 2.56. The molecule has 1 N–H and O–H groups in total. The molecule has 1 aliphatic rings. The number of likely N-dealkylation sites (tertiary alicyclic amines) is 1. The van der Waals surface area contributed by atoms with E-state index in [-0.39, 0.29) is 24.5 Å². The van der Waals surface area contributed by atoms with Crippen molar-refractivity contribution in [2.45, 2.75) is 65.0 Å². The minimum Gasteiger partial charge on any atom is -0.490 e. The van der Waals surface area contributed by atoms with Crippen molar-refractivity contribution >= 4 is 5.91 Å². The quantitative estimate of drug-likeness (QED) is 0.400. The van der Waals surface area contributed by atoms with Crippen LogP contribution in [0.1, 0.15) is 52.9 Å². The number of carbonyl (C=O) groups excluding carboxylic acids is 1. The van der Waals surface area contributed by atoms with Crippen LogP contribution in [0.15, 0.2) is 24.0 Å². The van der Waals surface area contributed by atoms with Crippen molar-refractivity contribution in [3.8, 4) is 12.3 Å². The molecule has 1 fully saturated rings. The number of aliphatic hydroxyl groups excluding tert-OH is 1. The van der Waals surface area contributed by atoms with E-state index in [1.54, 1.807) is 12.2 Å². The van der Waals surface area contributed by atoms with Crippen LogP contribution in [-0.2, 0) is 9.53 Å². The van der Waals surface area contributed by atoms with Gasteiger partial charge >= 0.3 is 0 Å². The first-order valence-electron chi connectivity index (χ1n) is 8.92. The van der Waals surface area contributed by atoms with E-state index in [1.165, 1.54) is 0 Å². The highest BCUT2D eigenvalue weighted by Gasteiger charge is 2.30. The second kappa shape index (κ2) is 10.9. The highest BCUT2D eigenvalue weighted by atomic mass is 16.5. The number of piperidine rings is 1. The Morgan fingerprint density at radius 1 is 1.58 bits per heavy atom. The molecule has 3 atom stereocenters. The molecule has 0 aromatic heterocycles. The molecular weight excluding hydrogens is 302 g/mol. The number of aliphatic hydroxyl groups is 1. The largest absolute Gasteiger partial charge is 0.490 e. The lowest BCUT2D eigenvalue weighted by atomic mass is 9.90. The number of hydrogen-bond donors (Lipinski definition) is 1. The second-order valence-corrected chi connectivity index (χ2v) is 6.44. The van der Waals surface area contributed by atoms with Crippen molar-refractivity contribution in [1.82, 2.24) is 4.90 Å². The minimum absolute atomic E-state index is 0.0537. The Kier molecular flexibility index (Phi) is 9.26. The van der Waals surface area contributed by atoms with Gasteiger partial charge < -0.3 is 14.7 Å². The molecule has 134 valence electrons. The molecule has 1 saturated heterocycles. The average Bonchev–Trinajstić information content (AvgIpc) is 2.56. The first kappa shape index (κ1) is 20.3. The zero-order valence-electron chi connectivity index (χ0n) is 15.2. The summed E-state index contributed by atoms with van der Waals surface area (Å²) in [6.07, 6.45) is 14.2. The van der Waals surface area contributed by atoms with Gasteiger partial charge in [-0.2, -0.15) is 0 Å². The van der Waals surface area contributed by atoms with Gasteiger partial charge in [0, 0.05) is 25.1 Å². The molecule has 4 heteroatoms. The maximum absolute atomic E-state index is 12.1. The Labute approximate surface area is 146 Å². The van der Waals surface area contributed by atoms with E-state index >= 15 is 0 Å². The van der Waals surface area contributed by atoms with Crippen LogP contribution in [-0.4, -0.2) is 41.2 Å². The first-order valence-corrected chi connectivity index (χ1v) is 8.92. The number of carbonyl (C=O) groups is 1. The number of terminal acetylenes is 1. The molecule has 1 aliphatic heterocycles. The SMILES string of the molecule is C#C/C=C(\C=C/C)OCC(O)C(C)C[C@H]1CCCC(=O)N1CCC. The van der Waals surface area contributed by atoms with Gasteiger partial charge in [-0.05, 0) is 44.6 Å². The number of hydrogen-bond acceptors (Lipinski definition) is 3. The molecule has 24 heavy (non-hydrogen) atoms. The molecular formula is C20H31NO3. The molecule has 4 nitrogen and oxygen atoms in total. The summed E-state index contributed by atoms with van der Waals surface area (Å²) >= 11 is 0. The number of amides is 1. The van der Waals surface area contributed by atoms with Crippen molar-refractivity contribution in [2.24, 2.45) is 5.92 Å². The Morgan fingerprint density at radius 2 is 2.33 bits per heavy atom. The highest BCUT2D eigenvalue weighted by Crippen LogP contribution is 2.25. The van der Waals surface area contributed by atoms with Crippen LogP contribution in [0.5, 0.6) is 0 Å². The molecule has 1 rings (SSSR count). The van der Waals surface area contributed by atoms with Gasteiger partial charge in [0.25, 0.3) is 0 Å². The summed E-state index contributed by atoms with van der Waals surface area (Å²) in [6, 6.07) is 0.229. The summed E-state index contributed by atoms with van der Waals surface area (Å²) in [5.74, 6) is 3.31. The van der Waals surface area contributed by atoms with Gasteiger partial charge in [-0.25, -0.2) is 0 Å². The van der Waals surface area contributed by atoms with Crippen LogP contribution in [0, 0.1) is 18.3 Å². The van der Waals surface area contributed by atoms with Gasteiger partial charge in [-0.15, -0.1) is 6.42 Å². The predicted octanol–water partition coefficient (Wildman–Crippen LogP) is 3.27. The van der Waals surface area contributed by atoms with Crippen molar-refractivity contribution in [3.05, 3.63) is 24.0 Å². The van der Waals surface area contributed by atoms with Crippen molar-refractivity contribution in [1.29, 1.82) is 0 Å². The molecule has 1 heterocycles. The summed E-state index contributed by atoms with van der Waals surface area (Å²) in [4.78, 5) is 14.1. The molecule has 0 aliphatic carbocycles. The van der Waals surface area contributed by atoms with Gasteiger partial charge in [0.05, 0.1) is 6.10 Å². The lowest BCUT2D eigenvalue weighted by Gasteiger charge is -2.37. The molecule has 0 radical (unpaired) electrons. The smallest absolute Gasteiger partial charge is 0.222 e. The summed E-state index contributed by atoms with van der Waals surface area (Å²) in [5.41, 5.74) is 0. The van der Waals surface area contributed by atoms with Crippen LogP contribution in [0.2, 0.25) is 0 Å². The number of rotatable bonds is 9. The molecule has 1 amide bonds. The molecule has 0 aromatic carbocycles. The fourth-order valence-electron chi connectivity index (χ4n) is 3.10. The Bertz CT molecular complexity index is 490. The molecule has 0 aromatic rings. The van der Waals surface area contributed by atoms with Crippen molar-refractivity contribution in [2.75, 3.05) is 13.2 Å². The topological polar surface area (TPSA) is 49.8 Å². The maximum atomic E-state index is 12.1. The van der Waals surface area contributed by atoms with Crippen LogP contribution in [0.4, 0.5) is 0 Å². The van der Waals surface area contributed by atoms with E-state index in [0.717, 1.165) is 32.2 Å². The van der Waals surface area contributed by atoms with Gasteiger partial charge in [0.2, 0.25) is 5.91 Å². The van der Waals surface area contributed by atoms with E-state index in [0.29, 0.717) is 12.2 Å². The van der Waals surface area contributed by atoms with Gasteiger partial charge in [-0.1, -0.05) is 25.8 Å². The normalized spacial score (nSPS) is 21.6. The zero-order chi connectivity index (χ0) is 17.9. The van der Waals surface area contributed by atoms with E-state index in [2.05, 4.69) is 12.8 Å². The van der Waals surface area contributed by atoms with Crippen LogP contribution < -0.4 is 0 Å². The van der Waals surface area contributed by atoms with Gasteiger partial charge in [0.1, 0.15) is 12.4 Å². The summed E-state index contributed by atoms with van der Waals surface area (Å²) in [6.45, 7) is 6.99. The first-order chi connectivity index (χ1) is 11.5. The Hall–Kier alpha value is -1.73. The second-order valence-electron chi connectivity index (χ2n) is 6.44. The number of allylic oxidation sites excluding steroid dienone is 3. The van der Waals surface area contributed by atoms with Crippen molar-refractivity contribution in [3.63, 3.8) is 0 Å². The molecule has 2 unspecified atom stereocenters. The predicted molar refractivity (Wildman–Crippen MR) is 97.1 cm³/mol. The molecule has 0 saturated carbocycles. The number of nitrogens with zero attached hydrogens (tertiary/aromatic N) is 1. The van der Waals surface area contributed by atoms with Crippen molar-refractivity contribution < 1.29 is 14.6 Å². The fourth-order valence-corrected chi connectivity index (χ4v) is 3.10. The van der Waals surface area contributed by atoms with Gasteiger partial charge in [0.15, 0.2) is 0 Å². The summed E-state index contributed by atoms with van der Waals surface area (Å²) in [7, 11) is 0. The molecule has 0 spiro atoms. The number of ether oxygens (including phenoxy) is 1. The van der Waals surface area contributed by atoms with E-state index in [1.807, 2.05) is 24.8 Å². The van der Waals surface area contributed by atoms with Gasteiger partial charge in [-0.3, -0.25) is 4.79 Å². The zero-order valence-corrected chi connectivity index (χ0v) is 15.2. The van der Waals surface area contributed by atoms with Crippen LogP contribution >= 0.6 is 0 Å². The standard InChI is InChI=1S/C20H31NO3/c1-5-9-18(10-6-2)24-15-19(22)16(4)14-17-11-8-12-20(23)21(17)13-7-3/h1,6,9-10,16-17,19,22H,7-8,11-15H2,2-4H3/b10-6-,18-9+/t16?,17-,19?/m1/s1. The molecule has 0 bridgehead atoms. The summed E-state index contributed by atoms with van der Waals surface area (Å²) < 4.78 is 5.59. The average molecular weight is 333 g/mol. The monoisotopic (exact) mass is 333 g/mol. The van der Waals surface area contributed by atoms with E-state index < -0.39 is 6.10 Å².